The van der Waals surface area contributed by atoms with E-state index in [0.29, 0.717) is 18.7 Å². The molecule has 0 saturated heterocycles. The summed E-state index contributed by atoms with van der Waals surface area (Å²) in [4.78, 5) is 19.0. The third-order valence-corrected chi connectivity index (χ3v) is 7.94. The Kier molecular flexibility index (Phi) is 7.44. The highest BCUT2D eigenvalue weighted by Crippen LogP contribution is 2.41. The molecule has 0 bridgehead atoms. The van der Waals surface area contributed by atoms with Crippen LogP contribution in [0, 0.1) is 0 Å². The molecule has 4 aromatic rings. The van der Waals surface area contributed by atoms with Gasteiger partial charge in [-0.25, -0.2) is 13.0 Å². The van der Waals surface area contributed by atoms with Crippen molar-refractivity contribution in [3.63, 3.8) is 0 Å². The largest absolute Gasteiger partial charge is 0.748 e. The lowest BCUT2D eigenvalue weighted by Crippen LogP contribution is -2.35. The molecule has 8 nitrogen and oxygen atoms in total. The van der Waals surface area contributed by atoms with Crippen molar-refractivity contribution in [1.82, 2.24) is 0 Å². The number of aryl methyl sites for hydroxylation is 1. The maximum atomic E-state index is 12.4. The fourth-order valence-corrected chi connectivity index (χ4v) is 5.52. The maximum absolute atomic E-state index is 12.4. The zero-order valence-electron chi connectivity index (χ0n) is 22.7. The summed E-state index contributed by atoms with van der Waals surface area (Å²) in [6.07, 6.45) is 6.32. The molecule has 0 fully saturated rings. The molecule has 0 radical (unpaired) electrons. The lowest BCUT2D eigenvalue weighted by Gasteiger charge is -2.19. The van der Waals surface area contributed by atoms with Crippen LogP contribution in [0.15, 0.2) is 94.6 Å². The van der Waals surface area contributed by atoms with Crippen molar-refractivity contribution in [2.24, 2.45) is 4.99 Å². The second-order valence-electron chi connectivity index (χ2n) is 10.4. The van der Waals surface area contributed by atoms with E-state index in [1.807, 2.05) is 77.5 Å². The van der Waals surface area contributed by atoms with Crippen molar-refractivity contribution in [1.29, 1.82) is 0 Å². The summed E-state index contributed by atoms with van der Waals surface area (Å²) >= 11 is 0. The van der Waals surface area contributed by atoms with Gasteiger partial charge in [-0.15, -0.1) is 0 Å². The first kappa shape index (κ1) is 27.5. The van der Waals surface area contributed by atoms with E-state index < -0.39 is 21.3 Å². The van der Waals surface area contributed by atoms with E-state index in [1.54, 1.807) is 11.1 Å². The van der Waals surface area contributed by atoms with Crippen LogP contribution in [0.4, 0.5) is 11.5 Å². The molecule has 206 valence electrons. The molecule has 1 amide bonds. The highest BCUT2D eigenvalue weighted by Gasteiger charge is 2.43. The number of anilines is 1. The predicted molar refractivity (Wildman–Crippen MR) is 155 cm³/mol. The number of nitrogens with zero attached hydrogens (tertiary/aromatic N) is 3. The van der Waals surface area contributed by atoms with Crippen molar-refractivity contribution >= 4 is 44.2 Å². The number of pyridine rings is 1. The summed E-state index contributed by atoms with van der Waals surface area (Å²) in [5, 5.41) is 0.995. The van der Waals surface area contributed by atoms with Crippen molar-refractivity contribution in [3.05, 3.63) is 90.8 Å². The number of hydrogen-bond acceptors (Lipinski definition) is 6. The topological polar surface area (TPSA) is 107 Å². The van der Waals surface area contributed by atoms with Gasteiger partial charge in [-0.2, -0.15) is 0 Å². The second-order valence-corrected chi connectivity index (χ2v) is 12.0. The van der Waals surface area contributed by atoms with Crippen LogP contribution in [0.5, 0.6) is 0 Å². The highest BCUT2D eigenvalue weighted by atomic mass is 32.2. The van der Waals surface area contributed by atoms with Gasteiger partial charge in [0.1, 0.15) is 17.5 Å². The number of para-hydroxylation sites is 2. The number of aliphatic imine (C=N–C) groups is 1. The molecule has 0 saturated carbocycles. The summed E-state index contributed by atoms with van der Waals surface area (Å²) < 4.78 is 41.5. The van der Waals surface area contributed by atoms with Crippen LogP contribution in [0.3, 0.4) is 0 Å². The Morgan fingerprint density at radius 2 is 1.80 bits per heavy atom. The van der Waals surface area contributed by atoms with Gasteiger partial charge >= 0.3 is 5.82 Å². The first-order valence-corrected chi connectivity index (χ1v) is 14.7. The SMILES string of the molecule is CC(=O)N(C=CC1=Nc2c(cc(-c3cc4ccccc4o3)c[n+]2CCCCS(=O)(=O)[O-])C1(C)C)c1ccccc1. The molecule has 2 aromatic carbocycles. The second kappa shape index (κ2) is 10.8. The van der Waals surface area contributed by atoms with E-state index in [4.69, 9.17) is 9.41 Å². The van der Waals surface area contributed by atoms with Crippen LogP contribution < -0.4 is 9.47 Å². The Labute approximate surface area is 234 Å². The number of allylic oxidation sites excluding steroid dienone is 1. The number of carbonyl (C=O) groups excluding carboxylic acids is 1. The van der Waals surface area contributed by atoms with Gasteiger partial charge in [0.25, 0.3) is 0 Å². The molecular weight excluding hydrogens is 526 g/mol. The number of rotatable bonds is 9. The molecule has 0 N–H and O–H groups in total. The monoisotopic (exact) mass is 557 g/mol. The molecule has 1 aliphatic heterocycles. The smallest absolute Gasteiger partial charge is 0.327 e. The number of furan rings is 1. The van der Waals surface area contributed by atoms with Crippen LogP contribution in [-0.4, -0.2) is 30.3 Å². The molecule has 9 heteroatoms. The van der Waals surface area contributed by atoms with Crippen LogP contribution in [0.25, 0.3) is 22.3 Å². The normalized spacial score (nSPS) is 14.4. The van der Waals surface area contributed by atoms with E-state index in [1.165, 1.54) is 6.92 Å². The van der Waals surface area contributed by atoms with Crippen molar-refractivity contribution in [3.8, 4) is 11.3 Å². The van der Waals surface area contributed by atoms with Crippen molar-refractivity contribution in [2.45, 2.75) is 45.6 Å². The molecule has 0 unspecified atom stereocenters. The van der Waals surface area contributed by atoms with Crippen LogP contribution in [0.1, 0.15) is 39.2 Å². The van der Waals surface area contributed by atoms with Gasteiger partial charge < -0.3 is 8.97 Å². The molecule has 2 aromatic heterocycles. The fraction of sp³-hybridized carbons (Fsp3) is 0.258. The molecule has 3 heterocycles. The first-order valence-electron chi connectivity index (χ1n) is 13.2. The number of unbranched alkanes of at least 4 members (excludes halogenated alkanes) is 1. The van der Waals surface area contributed by atoms with Crippen LogP contribution in [0.2, 0.25) is 0 Å². The van der Waals surface area contributed by atoms with Gasteiger partial charge in [0.2, 0.25) is 5.91 Å². The number of fused-ring (bicyclic) bond motifs is 2. The summed E-state index contributed by atoms with van der Waals surface area (Å²) in [6.45, 7) is 6.16. The first-order chi connectivity index (χ1) is 19.0. The number of benzene rings is 2. The fourth-order valence-electron chi connectivity index (χ4n) is 4.96. The third kappa shape index (κ3) is 5.76. The minimum absolute atomic E-state index is 0.119. The Bertz CT molecular complexity index is 1700. The number of amides is 1. The van der Waals surface area contributed by atoms with Gasteiger partial charge in [0, 0.05) is 36.0 Å². The molecule has 0 spiro atoms. The molecular formula is C31H31N3O5S. The quantitative estimate of drug-likeness (QED) is 0.150. The molecule has 40 heavy (non-hydrogen) atoms. The average molecular weight is 558 g/mol. The third-order valence-electron chi connectivity index (χ3n) is 7.16. The highest BCUT2D eigenvalue weighted by molar-refractivity contribution is 7.85. The van der Waals surface area contributed by atoms with Gasteiger partial charge in [-0.3, -0.25) is 9.69 Å². The summed E-state index contributed by atoms with van der Waals surface area (Å²) in [5.74, 6) is 0.948. The Morgan fingerprint density at radius 1 is 1.07 bits per heavy atom. The molecule has 0 atom stereocenters. The van der Waals surface area contributed by atoms with Crippen molar-refractivity contribution < 1.29 is 26.7 Å². The van der Waals surface area contributed by atoms with Gasteiger partial charge in [-0.05, 0) is 62.0 Å². The summed E-state index contributed by atoms with van der Waals surface area (Å²) in [5.41, 5.74) is 3.69. The van der Waals surface area contributed by atoms with Gasteiger partial charge in [0.05, 0.1) is 33.2 Å². The van der Waals surface area contributed by atoms with E-state index in [2.05, 4.69) is 19.9 Å². The Morgan fingerprint density at radius 3 is 2.50 bits per heavy atom. The number of carbonyl (C=O) groups is 1. The summed E-state index contributed by atoms with van der Waals surface area (Å²) in [6, 6.07) is 21.3. The maximum Gasteiger partial charge on any atom is 0.327 e. The average Bonchev–Trinajstić information content (AvgIpc) is 3.45. The van der Waals surface area contributed by atoms with Crippen LogP contribution in [-0.2, 0) is 26.9 Å². The van der Waals surface area contributed by atoms with E-state index in [0.717, 1.165) is 39.3 Å². The Hall–Kier alpha value is -4.08. The zero-order chi connectivity index (χ0) is 28.5. The molecule has 5 rings (SSSR count). The van der Waals surface area contributed by atoms with E-state index in [-0.39, 0.29) is 12.3 Å². The van der Waals surface area contributed by atoms with Gasteiger partial charge in [0.15, 0.2) is 5.71 Å². The summed E-state index contributed by atoms with van der Waals surface area (Å²) in [7, 11) is -4.27. The van der Waals surface area contributed by atoms with Gasteiger partial charge in [-0.1, -0.05) is 36.4 Å². The van der Waals surface area contributed by atoms with Crippen LogP contribution >= 0.6 is 0 Å². The lowest BCUT2D eigenvalue weighted by atomic mass is 9.81. The standard InChI is InChI=1S/C31H31N3O5S/c1-22(35)34(25-12-5-4-6-13-25)17-15-29-31(2,3)26-19-24(28-20-23-11-7-8-14-27(23)39-28)21-33(30(26)32-29)16-9-10-18-40(36,37)38/h4-8,11-15,17,19-21H,9-10,16,18H2,1-3H3. The number of aromatic nitrogens is 1. The lowest BCUT2D eigenvalue weighted by molar-refractivity contribution is -0.684. The minimum atomic E-state index is -4.27. The Balaban J connectivity index is 1.53. The van der Waals surface area contributed by atoms with E-state index in [9.17, 15) is 17.8 Å². The number of hydrogen-bond donors (Lipinski definition) is 0. The predicted octanol–water partition coefficient (Wildman–Crippen LogP) is 5.64. The zero-order valence-corrected chi connectivity index (χ0v) is 23.5. The minimum Gasteiger partial charge on any atom is -0.748 e. The van der Waals surface area contributed by atoms with E-state index >= 15 is 0 Å². The molecule has 0 aliphatic carbocycles. The van der Waals surface area contributed by atoms with Crippen molar-refractivity contribution in [2.75, 3.05) is 10.7 Å². The molecule has 1 aliphatic rings.